The Hall–Kier alpha value is -3.42. The van der Waals surface area contributed by atoms with Gasteiger partial charge in [0.2, 0.25) is 0 Å². The van der Waals surface area contributed by atoms with Gasteiger partial charge in [-0.3, -0.25) is 9.59 Å². The molecule has 1 amide bonds. The fourth-order valence-electron chi connectivity index (χ4n) is 2.58. The summed E-state index contributed by atoms with van der Waals surface area (Å²) < 4.78 is 26.0. The summed E-state index contributed by atoms with van der Waals surface area (Å²) >= 11 is 0. The molecule has 0 radical (unpaired) electrons. The second-order valence-corrected chi connectivity index (χ2v) is 6.08. The van der Waals surface area contributed by atoms with Crippen LogP contribution in [0.1, 0.15) is 21.5 Å². The molecule has 2 rings (SSSR count). The van der Waals surface area contributed by atoms with Crippen LogP contribution >= 0.6 is 0 Å². The van der Waals surface area contributed by atoms with Gasteiger partial charge in [0.15, 0.2) is 11.5 Å². The lowest BCUT2D eigenvalue weighted by Gasteiger charge is -2.13. The lowest BCUT2D eigenvalue weighted by atomic mass is 10.1. The summed E-state index contributed by atoms with van der Waals surface area (Å²) in [6, 6.07) is 8.31. The fraction of sp³-hybridized carbons (Fsp3) is 0.333. The number of methoxy groups -OCH3 is 4. The maximum Gasteiger partial charge on any atom is 0.325 e. The van der Waals surface area contributed by atoms with Crippen molar-refractivity contribution in [3.63, 3.8) is 0 Å². The van der Waals surface area contributed by atoms with Crippen molar-refractivity contribution in [2.24, 2.45) is 0 Å². The van der Waals surface area contributed by atoms with Crippen LogP contribution in [0.25, 0.3) is 0 Å². The lowest BCUT2D eigenvalue weighted by molar-refractivity contribution is -0.143. The summed E-state index contributed by atoms with van der Waals surface area (Å²) in [6.45, 7) is 1.65. The molecule has 0 bridgehead atoms. The first kappa shape index (κ1) is 21.9. The minimum Gasteiger partial charge on any atom is -0.497 e. The number of hydrogen-bond acceptors (Lipinski definition) is 7. The molecule has 0 aromatic heterocycles. The molecule has 8 heteroatoms. The van der Waals surface area contributed by atoms with Crippen LogP contribution in [0.3, 0.4) is 0 Å². The van der Waals surface area contributed by atoms with Crippen LogP contribution in [0.2, 0.25) is 0 Å². The maximum absolute atomic E-state index is 12.3. The third-order valence-corrected chi connectivity index (χ3v) is 4.24. The molecule has 0 aliphatic heterocycles. The van der Waals surface area contributed by atoms with E-state index in [4.69, 9.17) is 23.7 Å². The molecule has 1 N–H and O–H groups in total. The number of amides is 1. The van der Waals surface area contributed by atoms with Gasteiger partial charge in [-0.1, -0.05) is 0 Å². The van der Waals surface area contributed by atoms with Gasteiger partial charge in [-0.05, 0) is 42.3 Å². The van der Waals surface area contributed by atoms with E-state index in [0.29, 0.717) is 28.6 Å². The van der Waals surface area contributed by atoms with E-state index >= 15 is 0 Å². The van der Waals surface area contributed by atoms with Crippen LogP contribution in [0.15, 0.2) is 30.3 Å². The summed E-state index contributed by atoms with van der Waals surface area (Å²) in [6.07, 6.45) is 0. The Bertz CT molecular complexity index is 857. The predicted molar refractivity (Wildman–Crippen MR) is 106 cm³/mol. The molecule has 0 saturated carbocycles. The number of aryl methyl sites for hydroxylation is 1. The zero-order valence-corrected chi connectivity index (χ0v) is 17.2. The van der Waals surface area contributed by atoms with Gasteiger partial charge in [-0.25, -0.2) is 0 Å². The van der Waals surface area contributed by atoms with Crippen LogP contribution in [-0.2, 0) is 16.1 Å². The van der Waals surface area contributed by atoms with Crippen molar-refractivity contribution in [2.75, 3.05) is 35.0 Å². The van der Waals surface area contributed by atoms with Crippen LogP contribution in [0, 0.1) is 6.92 Å². The first-order valence-corrected chi connectivity index (χ1v) is 8.80. The number of hydrogen-bond donors (Lipinski definition) is 1. The van der Waals surface area contributed by atoms with Crippen molar-refractivity contribution < 1.29 is 33.3 Å². The molecule has 0 atom stereocenters. The number of carbonyl (C=O) groups excluding carboxylic acids is 2. The van der Waals surface area contributed by atoms with Gasteiger partial charge in [-0.2, -0.15) is 0 Å². The van der Waals surface area contributed by atoms with Crippen molar-refractivity contribution in [3.8, 4) is 23.0 Å². The largest absolute Gasteiger partial charge is 0.497 e. The molecular formula is C21H25NO7. The summed E-state index contributed by atoms with van der Waals surface area (Å²) in [5, 5.41) is 2.52. The predicted octanol–water partition coefficient (Wildman–Crippen LogP) is 2.50. The van der Waals surface area contributed by atoms with Crippen molar-refractivity contribution in [2.45, 2.75) is 13.5 Å². The van der Waals surface area contributed by atoms with E-state index in [0.717, 1.165) is 11.1 Å². The van der Waals surface area contributed by atoms with Crippen LogP contribution in [-0.4, -0.2) is 46.9 Å². The van der Waals surface area contributed by atoms with E-state index in [9.17, 15) is 9.59 Å². The topological polar surface area (TPSA) is 92.3 Å². The van der Waals surface area contributed by atoms with Crippen LogP contribution in [0.5, 0.6) is 23.0 Å². The Morgan fingerprint density at radius 2 is 1.41 bits per heavy atom. The van der Waals surface area contributed by atoms with Gasteiger partial charge in [0, 0.05) is 11.6 Å². The zero-order valence-electron chi connectivity index (χ0n) is 17.2. The minimum absolute atomic E-state index is 0.0495. The van der Waals surface area contributed by atoms with E-state index in [1.807, 2.05) is 6.92 Å². The fourth-order valence-corrected chi connectivity index (χ4v) is 2.58. The van der Waals surface area contributed by atoms with E-state index in [1.165, 1.54) is 21.3 Å². The number of benzene rings is 2. The molecule has 0 unspecified atom stereocenters. The number of nitrogens with one attached hydrogen (secondary N) is 1. The highest BCUT2D eigenvalue weighted by atomic mass is 16.5. The SMILES string of the molecule is COc1cc(OC)cc(C(=O)NCC(=O)OCc2cc(OC)c(OC)cc2C)c1. The molecule has 2 aromatic carbocycles. The first-order valence-electron chi connectivity index (χ1n) is 8.80. The molecule has 0 heterocycles. The second kappa shape index (κ2) is 10.2. The Kier molecular flexibility index (Phi) is 7.70. The average Bonchev–Trinajstić information content (AvgIpc) is 2.75. The highest BCUT2D eigenvalue weighted by molar-refractivity contribution is 5.96. The number of esters is 1. The number of carbonyl (C=O) groups is 2. The van der Waals surface area contributed by atoms with Gasteiger partial charge in [0.05, 0.1) is 28.4 Å². The molecule has 0 fully saturated rings. The van der Waals surface area contributed by atoms with Crippen molar-refractivity contribution in [3.05, 3.63) is 47.0 Å². The molecule has 0 aliphatic rings. The normalized spacial score (nSPS) is 10.1. The molecule has 156 valence electrons. The molecule has 29 heavy (non-hydrogen) atoms. The summed E-state index contributed by atoms with van der Waals surface area (Å²) in [4.78, 5) is 24.4. The highest BCUT2D eigenvalue weighted by Crippen LogP contribution is 2.30. The summed E-state index contributed by atoms with van der Waals surface area (Å²) in [5.74, 6) is 1.08. The minimum atomic E-state index is -0.567. The molecule has 0 spiro atoms. The lowest BCUT2D eigenvalue weighted by Crippen LogP contribution is -2.30. The van der Waals surface area contributed by atoms with Crippen molar-refractivity contribution in [1.29, 1.82) is 0 Å². The quantitative estimate of drug-likeness (QED) is 0.643. The van der Waals surface area contributed by atoms with E-state index < -0.39 is 11.9 Å². The maximum atomic E-state index is 12.3. The number of ether oxygens (including phenoxy) is 5. The monoisotopic (exact) mass is 403 g/mol. The molecule has 8 nitrogen and oxygen atoms in total. The van der Waals surface area contributed by atoms with E-state index in [-0.39, 0.29) is 13.2 Å². The molecule has 2 aromatic rings. The standard InChI is InChI=1S/C21H25NO7/c1-13-6-18(27-4)19(28-5)9-15(13)12-29-20(23)11-22-21(24)14-7-16(25-2)10-17(8-14)26-3/h6-10H,11-12H2,1-5H3,(H,22,24). The summed E-state index contributed by atoms with van der Waals surface area (Å²) in [7, 11) is 6.07. The second-order valence-electron chi connectivity index (χ2n) is 6.08. The first-order chi connectivity index (χ1) is 13.9. The Morgan fingerprint density at radius 3 is 1.97 bits per heavy atom. The zero-order chi connectivity index (χ0) is 21.4. The van der Waals surface area contributed by atoms with E-state index in [2.05, 4.69) is 5.32 Å². The third-order valence-electron chi connectivity index (χ3n) is 4.24. The van der Waals surface area contributed by atoms with E-state index in [1.54, 1.807) is 37.4 Å². The van der Waals surface area contributed by atoms with Crippen molar-refractivity contribution in [1.82, 2.24) is 5.32 Å². The Morgan fingerprint density at radius 1 is 0.828 bits per heavy atom. The smallest absolute Gasteiger partial charge is 0.325 e. The molecular weight excluding hydrogens is 378 g/mol. The molecule has 0 saturated heterocycles. The van der Waals surface area contributed by atoms with Gasteiger partial charge < -0.3 is 29.0 Å². The molecule has 0 aliphatic carbocycles. The van der Waals surface area contributed by atoms with Gasteiger partial charge in [0.25, 0.3) is 5.91 Å². The average molecular weight is 403 g/mol. The summed E-state index contributed by atoms with van der Waals surface area (Å²) in [5.41, 5.74) is 1.98. The van der Waals surface area contributed by atoms with Gasteiger partial charge in [0.1, 0.15) is 24.7 Å². The Labute approximate surface area is 169 Å². The van der Waals surface area contributed by atoms with Crippen LogP contribution in [0.4, 0.5) is 0 Å². The van der Waals surface area contributed by atoms with Crippen LogP contribution < -0.4 is 24.3 Å². The van der Waals surface area contributed by atoms with Crippen molar-refractivity contribution >= 4 is 11.9 Å². The van der Waals surface area contributed by atoms with Gasteiger partial charge in [-0.15, -0.1) is 0 Å². The highest BCUT2D eigenvalue weighted by Gasteiger charge is 2.14. The van der Waals surface area contributed by atoms with Gasteiger partial charge >= 0.3 is 5.97 Å². The number of rotatable bonds is 9. The third kappa shape index (κ3) is 5.78. The Balaban J connectivity index is 1.94.